The summed E-state index contributed by atoms with van der Waals surface area (Å²) in [7, 11) is 1.91. The average Bonchev–Trinajstić information content (AvgIpc) is 2.77. The standard InChI is InChI=1S/C13H14BrFN2S/c1-8-17-7-13(18-8)12(16-2)6-9-5-10(15)3-4-11(9)14/h3-5,7,12,16H,6H2,1-2H3. The highest BCUT2D eigenvalue weighted by molar-refractivity contribution is 9.10. The molecule has 1 aromatic heterocycles. The largest absolute Gasteiger partial charge is 0.312 e. The van der Waals surface area contributed by atoms with E-state index in [1.807, 2.05) is 20.2 Å². The zero-order chi connectivity index (χ0) is 13.1. The summed E-state index contributed by atoms with van der Waals surface area (Å²) in [4.78, 5) is 5.43. The fourth-order valence-corrected chi connectivity index (χ4v) is 3.11. The van der Waals surface area contributed by atoms with Crippen molar-refractivity contribution in [3.63, 3.8) is 0 Å². The van der Waals surface area contributed by atoms with Crippen molar-refractivity contribution in [3.05, 3.63) is 50.1 Å². The minimum Gasteiger partial charge on any atom is -0.312 e. The number of benzene rings is 1. The Morgan fingerprint density at radius 2 is 2.28 bits per heavy atom. The van der Waals surface area contributed by atoms with Gasteiger partial charge in [0.25, 0.3) is 0 Å². The van der Waals surface area contributed by atoms with Crippen molar-refractivity contribution in [3.8, 4) is 0 Å². The van der Waals surface area contributed by atoms with E-state index in [-0.39, 0.29) is 11.9 Å². The molecule has 1 N–H and O–H groups in total. The van der Waals surface area contributed by atoms with Gasteiger partial charge in [0.15, 0.2) is 0 Å². The quantitative estimate of drug-likeness (QED) is 0.921. The normalized spacial score (nSPS) is 12.7. The molecule has 1 heterocycles. The fraction of sp³-hybridized carbons (Fsp3) is 0.308. The summed E-state index contributed by atoms with van der Waals surface area (Å²) in [5, 5.41) is 4.30. The molecule has 1 aromatic carbocycles. The minimum absolute atomic E-state index is 0.161. The minimum atomic E-state index is -0.205. The van der Waals surface area contributed by atoms with Gasteiger partial charge < -0.3 is 5.32 Å². The van der Waals surface area contributed by atoms with Crippen LogP contribution in [0.15, 0.2) is 28.9 Å². The Balaban J connectivity index is 2.22. The van der Waals surface area contributed by atoms with Crippen LogP contribution in [0.1, 0.15) is 21.5 Å². The molecule has 0 aliphatic rings. The molecule has 0 fully saturated rings. The second-order valence-corrected chi connectivity index (χ2v) is 6.18. The van der Waals surface area contributed by atoms with Gasteiger partial charge in [0.1, 0.15) is 5.82 Å². The first-order valence-electron chi connectivity index (χ1n) is 5.63. The molecule has 1 atom stereocenters. The number of halogens is 2. The van der Waals surface area contributed by atoms with Gasteiger partial charge in [-0.25, -0.2) is 9.37 Å². The lowest BCUT2D eigenvalue weighted by molar-refractivity contribution is 0.590. The molecule has 0 amide bonds. The summed E-state index contributed by atoms with van der Waals surface area (Å²) in [6.07, 6.45) is 2.62. The van der Waals surface area contributed by atoms with Crippen LogP contribution in [0.3, 0.4) is 0 Å². The molecule has 5 heteroatoms. The number of rotatable bonds is 4. The molecule has 0 bridgehead atoms. The predicted molar refractivity (Wildman–Crippen MR) is 76.5 cm³/mol. The van der Waals surface area contributed by atoms with Gasteiger partial charge in [-0.2, -0.15) is 0 Å². The van der Waals surface area contributed by atoms with Crippen LogP contribution < -0.4 is 5.32 Å². The number of nitrogens with zero attached hydrogens (tertiary/aromatic N) is 1. The molecule has 2 rings (SSSR count). The molecule has 1 unspecified atom stereocenters. The Bertz CT molecular complexity index is 542. The first-order valence-corrected chi connectivity index (χ1v) is 7.24. The molecule has 18 heavy (non-hydrogen) atoms. The molecule has 0 radical (unpaired) electrons. The Morgan fingerprint density at radius 1 is 1.50 bits per heavy atom. The van der Waals surface area contributed by atoms with Crippen molar-refractivity contribution < 1.29 is 4.39 Å². The smallest absolute Gasteiger partial charge is 0.123 e. The van der Waals surface area contributed by atoms with E-state index >= 15 is 0 Å². The topological polar surface area (TPSA) is 24.9 Å². The Kier molecular flexibility index (Phi) is 4.48. The lowest BCUT2D eigenvalue weighted by Gasteiger charge is -2.15. The number of aromatic nitrogens is 1. The molecule has 96 valence electrons. The Hall–Kier alpha value is -0.780. The third-order valence-electron chi connectivity index (χ3n) is 2.76. The average molecular weight is 329 g/mol. The van der Waals surface area contributed by atoms with Gasteiger partial charge >= 0.3 is 0 Å². The van der Waals surface area contributed by atoms with Crippen LogP contribution in [-0.2, 0) is 6.42 Å². The molecule has 0 saturated carbocycles. The summed E-state index contributed by atoms with van der Waals surface area (Å²) in [6.45, 7) is 1.99. The van der Waals surface area contributed by atoms with Crippen molar-refractivity contribution in [1.82, 2.24) is 10.3 Å². The van der Waals surface area contributed by atoms with Gasteiger partial charge in [0.05, 0.1) is 5.01 Å². The lowest BCUT2D eigenvalue weighted by atomic mass is 10.1. The van der Waals surface area contributed by atoms with E-state index < -0.39 is 0 Å². The van der Waals surface area contributed by atoms with Gasteiger partial charge in [-0.3, -0.25) is 0 Å². The van der Waals surface area contributed by atoms with Crippen LogP contribution in [0.2, 0.25) is 0 Å². The SMILES string of the molecule is CNC(Cc1cc(F)ccc1Br)c1cnc(C)s1. The van der Waals surface area contributed by atoms with E-state index in [0.717, 1.165) is 21.5 Å². The number of aryl methyl sites for hydroxylation is 1. The highest BCUT2D eigenvalue weighted by atomic mass is 79.9. The Labute approximate surface area is 118 Å². The molecule has 0 aliphatic carbocycles. The highest BCUT2D eigenvalue weighted by Gasteiger charge is 2.14. The van der Waals surface area contributed by atoms with Crippen molar-refractivity contribution >= 4 is 27.3 Å². The van der Waals surface area contributed by atoms with Crippen molar-refractivity contribution in [2.75, 3.05) is 7.05 Å². The number of nitrogens with one attached hydrogen (secondary N) is 1. The molecule has 0 saturated heterocycles. The van der Waals surface area contributed by atoms with Gasteiger partial charge in [-0.15, -0.1) is 11.3 Å². The van der Waals surface area contributed by atoms with Gasteiger partial charge in [-0.1, -0.05) is 15.9 Å². The molecule has 2 aromatic rings. The zero-order valence-electron chi connectivity index (χ0n) is 10.2. The van der Waals surface area contributed by atoms with Gasteiger partial charge in [0.2, 0.25) is 0 Å². The highest BCUT2D eigenvalue weighted by Crippen LogP contribution is 2.27. The monoisotopic (exact) mass is 328 g/mol. The molecule has 0 spiro atoms. The summed E-state index contributed by atoms with van der Waals surface area (Å²) in [5.74, 6) is -0.205. The lowest BCUT2D eigenvalue weighted by Crippen LogP contribution is -2.18. The van der Waals surface area contributed by atoms with Crippen LogP contribution in [0.25, 0.3) is 0 Å². The van der Waals surface area contributed by atoms with Crippen molar-refractivity contribution in [2.45, 2.75) is 19.4 Å². The number of likely N-dealkylation sites (N-methyl/N-ethyl adjacent to an activating group) is 1. The molecular formula is C13H14BrFN2S. The van der Waals surface area contributed by atoms with E-state index in [0.29, 0.717) is 0 Å². The summed E-state index contributed by atoms with van der Waals surface area (Å²) in [5.41, 5.74) is 0.959. The van der Waals surface area contributed by atoms with Crippen LogP contribution in [0, 0.1) is 12.7 Å². The summed E-state index contributed by atoms with van der Waals surface area (Å²) < 4.78 is 14.2. The summed E-state index contributed by atoms with van der Waals surface area (Å²) in [6, 6.07) is 4.94. The fourth-order valence-electron chi connectivity index (χ4n) is 1.80. The van der Waals surface area contributed by atoms with Crippen LogP contribution in [0.5, 0.6) is 0 Å². The van der Waals surface area contributed by atoms with Crippen LogP contribution in [-0.4, -0.2) is 12.0 Å². The first-order chi connectivity index (χ1) is 8.60. The second kappa shape index (κ2) is 5.91. The van der Waals surface area contributed by atoms with E-state index in [1.165, 1.54) is 10.9 Å². The predicted octanol–water partition coefficient (Wildman–Crippen LogP) is 3.86. The summed E-state index contributed by atoms with van der Waals surface area (Å²) >= 11 is 5.13. The third kappa shape index (κ3) is 3.16. The van der Waals surface area contributed by atoms with Crippen LogP contribution in [0.4, 0.5) is 4.39 Å². The van der Waals surface area contributed by atoms with Crippen molar-refractivity contribution in [1.29, 1.82) is 0 Å². The number of hydrogen-bond donors (Lipinski definition) is 1. The van der Waals surface area contributed by atoms with E-state index in [9.17, 15) is 4.39 Å². The van der Waals surface area contributed by atoms with E-state index in [1.54, 1.807) is 23.5 Å². The number of hydrogen-bond acceptors (Lipinski definition) is 3. The maximum atomic E-state index is 13.3. The van der Waals surface area contributed by atoms with Gasteiger partial charge in [-0.05, 0) is 44.2 Å². The molecular weight excluding hydrogens is 315 g/mol. The second-order valence-electron chi connectivity index (χ2n) is 4.06. The van der Waals surface area contributed by atoms with E-state index in [2.05, 4.69) is 26.2 Å². The number of thiazole rings is 1. The van der Waals surface area contributed by atoms with E-state index in [4.69, 9.17) is 0 Å². The van der Waals surface area contributed by atoms with Crippen molar-refractivity contribution in [2.24, 2.45) is 0 Å². The zero-order valence-corrected chi connectivity index (χ0v) is 12.6. The molecule has 2 nitrogen and oxygen atoms in total. The maximum Gasteiger partial charge on any atom is 0.123 e. The first kappa shape index (κ1) is 13.6. The van der Waals surface area contributed by atoms with Crippen LogP contribution >= 0.6 is 27.3 Å². The van der Waals surface area contributed by atoms with Gasteiger partial charge in [0, 0.05) is 21.6 Å². The molecule has 0 aliphatic heterocycles. The third-order valence-corrected chi connectivity index (χ3v) is 4.56. The Morgan fingerprint density at radius 3 is 2.89 bits per heavy atom. The maximum absolute atomic E-state index is 13.3.